The van der Waals surface area contributed by atoms with Gasteiger partial charge < -0.3 is 14.7 Å². The Morgan fingerprint density at radius 1 is 1.47 bits per heavy atom. The number of nitrogens with zero attached hydrogens (tertiary/aromatic N) is 1. The van der Waals surface area contributed by atoms with Gasteiger partial charge in [0.25, 0.3) is 5.91 Å². The fraction of sp³-hybridized carbons (Fsp3) is 0.385. The van der Waals surface area contributed by atoms with Gasteiger partial charge in [-0.3, -0.25) is 4.79 Å². The number of rotatable bonds is 2. The molecule has 1 unspecified atom stereocenters. The summed E-state index contributed by atoms with van der Waals surface area (Å²) in [5, 5.41) is 9.59. The summed E-state index contributed by atoms with van der Waals surface area (Å²) in [4.78, 5) is 24.8. The molecule has 1 saturated heterocycles. The Bertz CT molecular complexity index is 517. The number of morpholine rings is 1. The van der Waals surface area contributed by atoms with Crippen LogP contribution in [0.2, 0.25) is 5.02 Å². The Morgan fingerprint density at radius 2 is 2.21 bits per heavy atom. The van der Waals surface area contributed by atoms with E-state index >= 15 is 0 Å². The molecule has 1 atom stereocenters. The number of amides is 1. The minimum absolute atomic E-state index is 0.0146. The van der Waals surface area contributed by atoms with E-state index in [4.69, 9.17) is 21.4 Å². The lowest BCUT2D eigenvalue weighted by atomic mass is 10.1. The third-order valence-electron chi connectivity index (χ3n) is 3.09. The maximum Gasteiger partial charge on any atom is 0.328 e. The number of carboxylic acids is 1. The molecule has 1 aliphatic heterocycles. The Labute approximate surface area is 115 Å². The van der Waals surface area contributed by atoms with Crippen molar-refractivity contribution in [1.29, 1.82) is 0 Å². The van der Waals surface area contributed by atoms with Crippen LogP contribution in [-0.2, 0) is 9.53 Å². The molecule has 6 heteroatoms. The summed E-state index contributed by atoms with van der Waals surface area (Å²) in [5.74, 6) is -1.40. The Morgan fingerprint density at radius 3 is 2.84 bits per heavy atom. The first-order valence-corrected chi connectivity index (χ1v) is 6.26. The first-order valence-electron chi connectivity index (χ1n) is 5.88. The Kier molecular flexibility index (Phi) is 4.07. The van der Waals surface area contributed by atoms with Gasteiger partial charge >= 0.3 is 5.97 Å². The van der Waals surface area contributed by atoms with E-state index in [9.17, 15) is 9.59 Å². The van der Waals surface area contributed by atoms with Crippen molar-refractivity contribution in [2.75, 3.05) is 19.8 Å². The molecule has 1 aliphatic rings. The lowest BCUT2D eigenvalue weighted by molar-refractivity contribution is -0.147. The van der Waals surface area contributed by atoms with Crippen LogP contribution in [0.15, 0.2) is 18.2 Å². The highest BCUT2D eigenvalue weighted by atomic mass is 35.5. The van der Waals surface area contributed by atoms with Gasteiger partial charge in [-0.2, -0.15) is 0 Å². The number of aryl methyl sites for hydroxylation is 1. The number of benzene rings is 1. The standard InChI is InChI=1S/C13H14ClNO4/c1-8-2-3-9(6-10(8)14)12(16)15-4-5-19-7-11(15)13(17)18/h2-3,6,11H,4-5,7H2,1H3,(H,17,18). The number of halogens is 1. The first-order chi connectivity index (χ1) is 9.00. The van der Waals surface area contributed by atoms with Crippen molar-refractivity contribution < 1.29 is 19.4 Å². The summed E-state index contributed by atoms with van der Waals surface area (Å²) in [5.41, 5.74) is 1.26. The molecule has 1 aromatic carbocycles. The number of ether oxygens (including phenoxy) is 1. The van der Waals surface area contributed by atoms with Crippen molar-refractivity contribution in [3.8, 4) is 0 Å². The van der Waals surface area contributed by atoms with E-state index in [0.717, 1.165) is 5.56 Å². The van der Waals surface area contributed by atoms with Crippen LogP contribution in [0.3, 0.4) is 0 Å². The van der Waals surface area contributed by atoms with Gasteiger partial charge in [0.05, 0.1) is 13.2 Å². The van der Waals surface area contributed by atoms with Gasteiger partial charge in [0.1, 0.15) is 0 Å². The third kappa shape index (κ3) is 2.88. The fourth-order valence-corrected chi connectivity index (χ4v) is 2.12. The molecule has 5 nitrogen and oxygen atoms in total. The van der Waals surface area contributed by atoms with E-state index in [1.54, 1.807) is 18.2 Å². The molecular formula is C13H14ClNO4. The Hall–Kier alpha value is -1.59. The molecule has 1 aromatic rings. The normalized spacial score (nSPS) is 19.3. The maximum atomic E-state index is 12.3. The monoisotopic (exact) mass is 283 g/mol. The molecule has 1 N–H and O–H groups in total. The smallest absolute Gasteiger partial charge is 0.328 e. The number of aliphatic carboxylic acids is 1. The molecule has 0 aromatic heterocycles. The summed E-state index contributed by atoms with van der Waals surface area (Å²) >= 11 is 5.98. The van der Waals surface area contributed by atoms with Gasteiger partial charge in [-0.05, 0) is 24.6 Å². The molecule has 2 rings (SSSR count). The first kappa shape index (κ1) is 13.8. The van der Waals surface area contributed by atoms with Gasteiger partial charge in [-0.15, -0.1) is 0 Å². The summed E-state index contributed by atoms with van der Waals surface area (Å²) in [6, 6.07) is 4.01. The van der Waals surface area contributed by atoms with Crippen molar-refractivity contribution in [2.24, 2.45) is 0 Å². The maximum absolute atomic E-state index is 12.3. The molecule has 19 heavy (non-hydrogen) atoms. The molecule has 0 spiro atoms. The van der Waals surface area contributed by atoms with Crippen LogP contribution in [-0.4, -0.2) is 47.7 Å². The summed E-state index contributed by atoms with van der Waals surface area (Å²) < 4.78 is 5.10. The van der Waals surface area contributed by atoms with Crippen LogP contribution in [0, 0.1) is 6.92 Å². The molecule has 0 radical (unpaired) electrons. The number of carbonyl (C=O) groups excluding carboxylic acids is 1. The molecule has 1 fully saturated rings. The highest BCUT2D eigenvalue weighted by Gasteiger charge is 2.33. The van der Waals surface area contributed by atoms with Crippen molar-refractivity contribution in [1.82, 2.24) is 4.90 Å². The zero-order valence-corrected chi connectivity index (χ0v) is 11.2. The SMILES string of the molecule is Cc1ccc(C(=O)N2CCOCC2C(=O)O)cc1Cl. The third-order valence-corrected chi connectivity index (χ3v) is 3.50. The lowest BCUT2D eigenvalue weighted by Gasteiger charge is -2.32. The number of hydrogen-bond acceptors (Lipinski definition) is 3. The second-order valence-electron chi connectivity index (χ2n) is 4.39. The number of carbonyl (C=O) groups is 2. The average molecular weight is 284 g/mol. The molecule has 1 heterocycles. The minimum Gasteiger partial charge on any atom is -0.480 e. The van der Waals surface area contributed by atoms with Gasteiger partial charge in [0.2, 0.25) is 0 Å². The van der Waals surface area contributed by atoms with Gasteiger partial charge in [0, 0.05) is 17.1 Å². The second kappa shape index (κ2) is 5.59. The van der Waals surface area contributed by atoms with Crippen LogP contribution in [0.1, 0.15) is 15.9 Å². The molecule has 1 amide bonds. The molecule has 0 aliphatic carbocycles. The van der Waals surface area contributed by atoms with Crippen LogP contribution in [0.25, 0.3) is 0 Å². The number of hydrogen-bond donors (Lipinski definition) is 1. The topological polar surface area (TPSA) is 66.8 Å². The van der Waals surface area contributed by atoms with E-state index in [-0.39, 0.29) is 19.1 Å². The lowest BCUT2D eigenvalue weighted by Crippen LogP contribution is -2.52. The van der Waals surface area contributed by atoms with Gasteiger partial charge in [-0.25, -0.2) is 4.79 Å². The predicted octanol–water partition coefficient (Wildman–Crippen LogP) is 1.57. The zero-order valence-electron chi connectivity index (χ0n) is 10.4. The van der Waals surface area contributed by atoms with Gasteiger partial charge in [-0.1, -0.05) is 17.7 Å². The van der Waals surface area contributed by atoms with Crippen molar-refractivity contribution in [3.63, 3.8) is 0 Å². The summed E-state index contributed by atoms with van der Waals surface area (Å²) in [6.45, 7) is 2.46. The van der Waals surface area contributed by atoms with Crippen LogP contribution in [0.4, 0.5) is 0 Å². The van der Waals surface area contributed by atoms with E-state index in [2.05, 4.69) is 0 Å². The average Bonchev–Trinajstić information content (AvgIpc) is 2.41. The second-order valence-corrected chi connectivity index (χ2v) is 4.80. The molecular weight excluding hydrogens is 270 g/mol. The number of carboxylic acid groups (broad SMARTS) is 1. The fourth-order valence-electron chi connectivity index (χ4n) is 1.94. The minimum atomic E-state index is -1.06. The van der Waals surface area contributed by atoms with E-state index < -0.39 is 12.0 Å². The Balaban J connectivity index is 2.26. The largest absolute Gasteiger partial charge is 0.480 e. The van der Waals surface area contributed by atoms with E-state index in [1.807, 2.05) is 6.92 Å². The molecule has 0 bridgehead atoms. The quantitative estimate of drug-likeness (QED) is 0.895. The predicted molar refractivity (Wildman–Crippen MR) is 69.5 cm³/mol. The van der Waals surface area contributed by atoms with Crippen molar-refractivity contribution >= 4 is 23.5 Å². The summed E-state index contributed by atoms with van der Waals surface area (Å²) in [6.07, 6.45) is 0. The van der Waals surface area contributed by atoms with Crippen LogP contribution < -0.4 is 0 Å². The van der Waals surface area contributed by atoms with Crippen molar-refractivity contribution in [3.05, 3.63) is 34.3 Å². The van der Waals surface area contributed by atoms with E-state index in [1.165, 1.54) is 4.90 Å². The highest BCUT2D eigenvalue weighted by Crippen LogP contribution is 2.19. The summed E-state index contributed by atoms with van der Waals surface area (Å²) in [7, 11) is 0. The highest BCUT2D eigenvalue weighted by molar-refractivity contribution is 6.31. The van der Waals surface area contributed by atoms with Crippen LogP contribution in [0.5, 0.6) is 0 Å². The zero-order chi connectivity index (χ0) is 14.0. The molecule has 102 valence electrons. The molecule has 0 saturated carbocycles. The van der Waals surface area contributed by atoms with E-state index in [0.29, 0.717) is 17.2 Å². The van der Waals surface area contributed by atoms with Gasteiger partial charge in [0.15, 0.2) is 6.04 Å². The van der Waals surface area contributed by atoms with Crippen molar-refractivity contribution in [2.45, 2.75) is 13.0 Å². The van der Waals surface area contributed by atoms with Crippen LogP contribution >= 0.6 is 11.6 Å².